The molecule has 3 N–H and O–H groups in total. The Hall–Kier alpha value is -3.55. The summed E-state index contributed by atoms with van der Waals surface area (Å²) >= 11 is 0. The lowest BCUT2D eigenvalue weighted by Gasteiger charge is -2.10. The monoisotopic (exact) mass is 399 g/mol. The molecule has 0 radical (unpaired) electrons. The van der Waals surface area contributed by atoms with Crippen LogP contribution in [0.25, 0.3) is 0 Å². The first-order chi connectivity index (χ1) is 14.0. The Morgan fingerprint density at radius 3 is 2.14 bits per heavy atom. The number of ether oxygens (including phenoxy) is 2. The van der Waals surface area contributed by atoms with E-state index < -0.39 is 11.8 Å². The Morgan fingerprint density at radius 1 is 0.862 bits per heavy atom. The number of anilines is 1. The van der Waals surface area contributed by atoms with E-state index >= 15 is 0 Å². The van der Waals surface area contributed by atoms with Crippen LogP contribution < -0.4 is 25.6 Å². The van der Waals surface area contributed by atoms with E-state index in [0.717, 1.165) is 12.8 Å². The molecule has 0 aliphatic carbocycles. The maximum absolute atomic E-state index is 12.1. The van der Waals surface area contributed by atoms with Gasteiger partial charge in [-0.1, -0.05) is 13.3 Å². The number of carbonyl (C=O) groups is 3. The Kier molecular flexibility index (Phi) is 8.50. The molecule has 8 heteroatoms. The fourth-order valence-electron chi connectivity index (χ4n) is 2.32. The van der Waals surface area contributed by atoms with E-state index in [-0.39, 0.29) is 12.5 Å². The summed E-state index contributed by atoms with van der Waals surface area (Å²) in [6.07, 6.45) is 2.24. The van der Waals surface area contributed by atoms with Gasteiger partial charge >= 0.3 is 0 Å². The van der Waals surface area contributed by atoms with Crippen LogP contribution in [0.5, 0.6) is 11.5 Å². The lowest BCUT2D eigenvalue weighted by Crippen LogP contribution is -2.43. The first-order valence-electron chi connectivity index (χ1n) is 9.27. The number of rotatable bonds is 9. The van der Waals surface area contributed by atoms with Crippen LogP contribution in [0, 0.1) is 0 Å². The van der Waals surface area contributed by atoms with Gasteiger partial charge in [0.15, 0.2) is 6.61 Å². The highest BCUT2D eigenvalue weighted by molar-refractivity contribution is 5.96. The first-order valence-corrected chi connectivity index (χ1v) is 9.27. The lowest BCUT2D eigenvalue weighted by atomic mass is 10.2. The molecule has 2 aromatic carbocycles. The Morgan fingerprint density at radius 2 is 1.52 bits per heavy atom. The molecule has 0 heterocycles. The average molecular weight is 399 g/mol. The van der Waals surface area contributed by atoms with Gasteiger partial charge in [0.2, 0.25) is 5.91 Å². The van der Waals surface area contributed by atoms with E-state index in [9.17, 15) is 14.4 Å². The van der Waals surface area contributed by atoms with Crippen molar-refractivity contribution in [2.45, 2.75) is 26.2 Å². The van der Waals surface area contributed by atoms with Crippen LogP contribution in [-0.2, 0) is 9.59 Å². The van der Waals surface area contributed by atoms with Gasteiger partial charge < -0.3 is 14.8 Å². The second kappa shape index (κ2) is 11.3. The summed E-state index contributed by atoms with van der Waals surface area (Å²) in [5.41, 5.74) is 5.55. The molecule has 0 aromatic heterocycles. The summed E-state index contributed by atoms with van der Waals surface area (Å²) in [5, 5.41) is 2.77. The number of nitrogens with one attached hydrogen (secondary N) is 3. The smallest absolute Gasteiger partial charge is 0.276 e. The zero-order valence-corrected chi connectivity index (χ0v) is 16.5. The normalized spacial score (nSPS) is 10.0. The SMILES string of the molecule is CCCCC(=O)Nc1ccc(C(=O)NNC(=O)COc2ccc(OC)cc2)cc1. The molecule has 2 rings (SSSR count). The number of amides is 3. The van der Waals surface area contributed by atoms with Crippen molar-refractivity contribution in [3.8, 4) is 11.5 Å². The minimum atomic E-state index is -0.506. The zero-order valence-electron chi connectivity index (χ0n) is 16.5. The van der Waals surface area contributed by atoms with Gasteiger partial charge in [-0.05, 0) is 55.0 Å². The number of hydrogen-bond acceptors (Lipinski definition) is 5. The molecule has 0 saturated carbocycles. The number of hydrazine groups is 1. The number of benzene rings is 2. The molecule has 2 aromatic rings. The number of methoxy groups -OCH3 is 1. The van der Waals surface area contributed by atoms with Gasteiger partial charge in [0.25, 0.3) is 11.8 Å². The largest absolute Gasteiger partial charge is 0.497 e. The molecule has 0 spiro atoms. The highest BCUT2D eigenvalue weighted by Gasteiger charge is 2.09. The predicted octanol–water partition coefficient (Wildman–Crippen LogP) is 2.66. The third-order valence-corrected chi connectivity index (χ3v) is 3.93. The Labute approximate surface area is 169 Å². The minimum absolute atomic E-state index is 0.0619. The van der Waals surface area contributed by atoms with Crippen LogP contribution in [0.4, 0.5) is 5.69 Å². The molecule has 0 aliphatic heterocycles. The van der Waals surface area contributed by atoms with Gasteiger partial charge in [0, 0.05) is 17.7 Å². The summed E-state index contributed by atoms with van der Waals surface area (Å²) in [6.45, 7) is 1.76. The summed E-state index contributed by atoms with van der Waals surface area (Å²) in [7, 11) is 1.56. The second-order valence-electron chi connectivity index (χ2n) is 6.20. The van der Waals surface area contributed by atoms with E-state index in [1.807, 2.05) is 6.92 Å². The Balaban J connectivity index is 1.74. The van der Waals surface area contributed by atoms with Crippen LogP contribution in [0.15, 0.2) is 48.5 Å². The van der Waals surface area contributed by atoms with Crippen molar-refractivity contribution < 1.29 is 23.9 Å². The minimum Gasteiger partial charge on any atom is -0.497 e. The molecule has 0 saturated heterocycles. The summed E-state index contributed by atoms with van der Waals surface area (Å²) in [6, 6.07) is 13.2. The molecule has 0 unspecified atom stereocenters. The summed E-state index contributed by atoms with van der Waals surface area (Å²) in [5.74, 6) is 0.137. The van der Waals surface area contributed by atoms with Crippen molar-refractivity contribution >= 4 is 23.4 Å². The molecular weight excluding hydrogens is 374 g/mol. The van der Waals surface area contributed by atoms with E-state index in [2.05, 4.69) is 16.2 Å². The number of unbranched alkanes of at least 4 members (excludes halogenated alkanes) is 1. The molecule has 0 bridgehead atoms. The van der Waals surface area contributed by atoms with Gasteiger partial charge in [-0.3, -0.25) is 25.2 Å². The third kappa shape index (κ3) is 7.53. The van der Waals surface area contributed by atoms with Crippen molar-refractivity contribution in [2.75, 3.05) is 19.0 Å². The molecule has 29 heavy (non-hydrogen) atoms. The van der Waals surface area contributed by atoms with Gasteiger partial charge in [0.1, 0.15) is 11.5 Å². The Bertz CT molecular complexity index is 819. The second-order valence-corrected chi connectivity index (χ2v) is 6.20. The van der Waals surface area contributed by atoms with Crippen molar-refractivity contribution in [1.82, 2.24) is 10.9 Å². The fraction of sp³-hybridized carbons (Fsp3) is 0.286. The molecule has 0 aliphatic rings. The lowest BCUT2D eigenvalue weighted by molar-refractivity contribution is -0.123. The van der Waals surface area contributed by atoms with E-state index in [0.29, 0.717) is 29.2 Å². The maximum atomic E-state index is 12.1. The quantitative estimate of drug-likeness (QED) is 0.562. The van der Waals surface area contributed by atoms with Gasteiger partial charge in [-0.25, -0.2) is 0 Å². The zero-order chi connectivity index (χ0) is 21.1. The van der Waals surface area contributed by atoms with Gasteiger partial charge in [-0.15, -0.1) is 0 Å². The van der Waals surface area contributed by atoms with Crippen LogP contribution in [-0.4, -0.2) is 31.4 Å². The molecule has 3 amide bonds. The van der Waals surface area contributed by atoms with Gasteiger partial charge in [-0.2, -0.15) is 0 Å². The summed E-state index contributed by atoms with van der Waals surface area (Å²) in [4.78, 5) is 35.6. The highest BCUT2D eigenvalue weighted by atomic mass is 16.5. The molecule has 8 nitrogen and oxygen atoms in total. The van der Waals surface area contributed by atoms with Crippen molar-refractivity contribution in [1.29, 1.82) is 0 Å². The van der Waals surface area contributed by atoms with E-state index in [1.165, 1.54) is 0 Å². The fourth-order valence-corrected chi connectivity index (χ4v) is 2.32. The molecular formula is C21H25N3O5. The standard InChI is InChI=1S/C21H25N3O5/c1-3-4-5-19(25)22-16-8-6-15(7-9-16)21(27)24-23-20(26)14-29-18-12-10-17(28-2)11-13-18/h6-13H,3-5,14H2,1-2H3,(H,22,25)(H,23,26)(H,24,27). The predicted molar refractivity (Wildman–Crippen MR) is 109 cm³/mol. The molecule has 154 valence electrons. The van der Waals surface area contributed by atoms with Crippen LogP contribution >= 0.6 is 0 Å². The average Bonchev–Trinajstić information content (AvgIpc) is 2.75. The van der Waals surface area contributed by atoms with Crippen molar-refractivity contribution in [3.05, 3.63) is 54.1 Å². The van der Waals surface area contributed by atoms with E-state index in [1.54, 1.807) is 55.6 Å². The maximum Gasteiger partial charge on any atom is 0.276 e. The summed E-state index contributed by atoms with van der Waals surface area (Å²) < 4.78 is 10.4. The van der Waals surface area contributed by atoms with Crippen LogP contribution in [0.1, 0.15) is 36.5 Å². The van der Waals surface area contributed by atoms with Crippen molar-refractivity contribution in [2.24, 2.45) is 0 Å². The number of hydrogen-bond donors (Lipinski definition) is 3. The van der Waals surface area contributed by atoms with Gasteiger partial charge in [0.05, 0.1) is 7.11 Å². The highest BCUT2D eigenvalue weighted by Crippen LogP contribution is 2.16. The molecule has 0 fully saturated rings. The van der Waals surface area contributed by atoms with Crippen LogP contribution in [0.3, 0.4) is 0 Å². The first kappa shape index (κ1) is 21.7. The number of carbonyl (C=O) groups excluding carboxylic acids is 3. The van der Waals surface area contributed by atoms with E-state index in [4.69, 9.17) is 9.47 Å². The third-order valence-electron chi connectivity index (χ3n) is 3.93. The van der Waals surface area contributed by atoms with Crippen LogP contribution in [0.2, 0.25) is 0 Å². The molecule has 0 atom stereocenters. The van der Waals surface area contributed by atoms with Crippen molar-refractivity contribution in [3.63, 3.8) is 0 Å². The topological polar surface area (TPSA) is 106 Å².